The van der Waals surface area contributed by atoms with Crippen LogP contribution in [-0.4, -0.2) is 34.6 Å². The molecule has 0 atom stereocenters. The van der Waals surface area contributed by atoms with Gasteiger partial charge in [0, 0.05) is 19.6 Å². The highest BCUT2D eigenvalue weighted by Crippen LogP contribution is 2.17. The highest BCUT2D eigenvalue weighted by atomic mass is 16.5. The van der Waals surface area contributed by atoms with E-state index in [1.54, 1.807) is 7.11 Å². The molecule has 0 saturated carbocycles. The maximum atomic E-state index is 10.8. The van der Waals surface area contributed by atoms with Crippen molar-refractivity contribution in [2.75, 3.05) is 13.7 Å². The zero-order valence-electron chi connectivity index (χ0n) is 11.5. The predicted molar refractivity (Wildman–Crippen MR) is 74.7 cm³/mol. The first-order valence-corrected chi connectivity index (χ1v) is 6.65. The zero-order chi connectivity index (χ0) is 13.9. The van der Waals surface area contributed by atoms with Gasteiger partial charge in [0.15, 0.2) is 6.29 Å². The first-order chi connectivity index (χ1) is 9.78. The van der Waals surface area contributed by atoms with Gasteiger partial charge in [0.25, 0.3) is 0 Å². The van der Waals surface area contributed by atoms with Gasteiger partial charge in [-0.15, -0.1) is 0 Å². The summed E-state index contributed by atoms with van der Waals surface area (Å²) < 4.78 is 7.09. The van der Waals surface area contributed by atoms with Crippen molar-refractivity contribution in [3.8, 4) is 5.75 Å². The maximum Gasteiger partial charge on any atom is 0.170 e. The molecule has 0 spiro atoms. The summed E-state index contributed by atoms with van der Waals surface area (Å²) in [7, 11) is 1.67. The van der Waals surface area contributed by atoms with Crippen LogP contribution in [0.5, 0.6) is 5.75 Å². The molecule has 0 aliphatic carbocycles. The van der Waals surface area contributed by atoms with Crippen molar-refractivity contribution in [1.82, 2.24) is 14.7 Å². The van der Waals surface area contributed by atoms with Crippen LogP contribution in [0.2, 0.25) is 0 Å². The van der Waals surface area contributed by atoms with Crippen LogP contribution >= 0.6 is 0 Å². The van der Waals surface area contributed by atoms with Gasteiger partial charge in [0.1, 0.15) is 11.4 Å². The van der Waals surface area contributed by atoms with Crippen LogP contribution in [0, 0.1) is 0 Å². The quantitative estimate of drug-likeness (QED) is 0.794. The number of carbonyl (C=O) groups excluding carboxylic acids is 1. The fraction of sp³-hybridized carbons (Fsp3) is 0.333. The van der Waals surface area contributed by atoms with Gasteiger partial charge in [0.2, 0.25) is 0 Å². The van der Waals surface area contributed by atoms with E-state index in [0.29, 0.717) is 5.69 Å². The Morgan fingerprint density at radius 1 is 1.30 bits per heavy atom. The number of aldehydes is 1. The average molecular weight is 271 g/mol. The molecular weight excluding hydrogens is 254 g/mol. The standard InChI is InChI=1S/C15H17N3O2/c1-20-15-4-2-12(3-5-15)9-17-6-7-18-14(10-17)8-13(11-19)16-18/h2-5,8,11H,6-7,9-10H2,1H3. The van der Waals surface area contributed by atoms with Gasteiger partial charge in [-0.2, -0.15) is 5.10 Å². The lowest BCUT2D eigenvalue weighted by Gasteiger charge is -2.27. The van der Waals surface area contributed by atoms with Crippen LogP contribution < -0.4 is 4.74 Å². The molecule has 1 aromatic carbocycles. The van der Waals surface area contributed by atoms with E-state index >= 15 is 0 Å². The number of fused-ring (bicyclic) bond motifs is 1. The molecular formula is C15H17N3O2. The number of hydrogen-bond donors (Lipinski definition) is 0. The van der Waals surface area contributed by atoms with Crippen molar-refractivity contribution in [3.05, 3.63) is 47.3 Å². The van der Waals surface area contributed by atoms with Crippen LogP contribution in [-0.2, 0) is 19.6 Å². The Bertz CT molecular complexity index is 604. The molecule has 0 unspecified atom stereocenters. The van der Waals surface area contributed by atoms with Crippen LogP contribution in [0.3, 0.4) is 0 Å². The molecule has 0 amide bonds. The Morgan fingerprint density at radius 3 is 2.80 bits per heavy atom. The van der Waals surface area contributed by atoms with Crippen molar-refractivity contribution in [1.29, 1.82) is 0 Å². The zero-order valence-corrected chi connectivity index (χ0v) is 11.5. The molecule has 2 heterocycles. The second kappa shape index (κ2) is 5.46. The first-order valence-electron chi connectivity index (χ1n) is 6.65. The minimum atomic E-state index is 0.520. The summed E-state index contributed by atoms with van der Waals surface area (Å²) in [4.78, 5) is 13.1. The van der Waals surface area contributed by atoms with Gasteiger partial charge in [-0.05, 0) is 23.8 Å². The van der Waals surface area contributed by atoms with Crippen molar-refractivity contribution >= 4 is 6.29 Å². The monoisotopic (exact) mass is 271 g/mol. The van der Waals surface area contributed by atoms with Crippen LogP contribution in [0.25, 0.3) is 0 Å². The fourth-order valence-electron chi connectivity index (χ4n) is 2.52. The molecule has 1 aliphatic heterocycles. The van der Waals surface area contributed by atoms with E-state index in [0.717, 1.165) is 43.9 Å². The smallest absolute Gasteiger partial charge is 0.170 e. The van der Waals surface area contributed by atoms with E-state index in [1.165, 1.54) is 5.56 Å². The van der Waals surface area contributed by atoms with E-state index < -0.39 is 0 Å². The molecule has 0 fully saturated rings. The molecule has 104 valence electrons. The van der Waals surface area contributed by atoms with Crippen LogP contribution in [0.4, 0.5) is 0 Å². The highest BCUT2D eigenvalue weighted by molar-refractivity contribution is 5.71. The van der Waals surface area contributed by atoms with E-state index in [-0.39, 0.29) is 0 Å². The molecule has 0 bridgehead atoms. The molecule has 0 N–H and O–H groups in total. The van der Waals surface area contributed by atoms with Gasteiger partial charge in [0.05, 0.1) is 19.3 Å². The molecule has 1 aliphatic rings. The Hall–Kier alpha value is -2.14. The van der Waals surface area contributed by atoms with Gasteiger partial charge in [-0.3, -0.25) is 14.4 Å². The van der Waals surface area contributed by atoms with Crippen LogP contribution in [0.1, 0.15) is 21.7 Å². The molecule has 3 rings (SSSR count). The van der Waals surface area contributed by atoms with Crippen molar-refractivity contribution in [2.45, 2.75) is 19.6 Å². The lowest BCUT2D eigenvalue weighted by molar-refractivity contribution is 0.111. The third kappa shape index (κ3) is 2.58. The number of ether oxygens (including phenoxy) is 1. The molecule has 1 aromatic heterocycles. The van der Waals surface area contributed by atoms with Crippen molar-refractivity contribution in [2.24, 2.45) is 0 Å². The Morgan fingerprint density at radius 2 is 2.10 bits per heavy atom. The Balaban J connectivity index is 1.68. The number of benzene rings is 1. The maximum absolute atomic E-state index is 10.8. The lowest BCUT2D eigenvalue weighted by Crippen LogP contribution is -2.33. The summed E-state index contributed by atoms with van der Waals surface area (Å²) in [5, 5.41) is 4.24. The molecule has 2 aromatic rings. The SMILES string of the molecule is COc1ccc(CN2CCn3nc(C=O)cc3C2)cc1. The molecule has 0 radical (unpaired) electrons. The normalized spacial score (nSPS) is 14.8. The third-order valence-corrected chi connectivity index (χ3v) is 3.58. The molecule has 0 saturated heterocycles. The number of methoxy groups -OCH3 is 1. The van der Waals surface area contributed by atoms with Crippen molar-refractivity contribution < 1.29 is 9.53 Å². The predicted octanol–water partition coefficient (Wildman–Crippen LogP) is 1.72. The summed E-state index contributed by atoms with van der Waals surface area (Å²) in [6.07, 6.45) is 0.805. The summed E-state index contributed by atoms with van der Waals surface area (Å²) in [5.41, 5.74) is 2.88. The molecule has 20 heavy (non-hydrogen) atoms. The summed E-state index contributed by atoms with van der Waals surface area (Å²) in [6.45, 7) is 3.50. The van der Waals surface area contributed by atoms with Crippen LogP contribution in [0.15, 0.2) is 30.3 Å². The lowest BCUT2D eigenvalue weighted by atomic mass is 10.2. The topological polar surface area (TPSA) is 47.4 Å². The van der Waals surface area contributed by atoms with E-state index in [1.807, 2.05) is 22.9 Å². The number of nitrogens with zero attached hydrogens (tertiary/aromatic N) is 3. The second-order valence-electron chi connectivity index (χ2n) is 4.96. The summed E-state index contributed by atoms with van der Waals surface area (Å²) >= 11 is 0. The Kier molecular flexibility index (Phi) is 3.52. The third-order valence-electron chi connectivity index (χ3n) is 3.58. The first kappa shape index (κ1) is 12.9. The van der Waals surface area contributed by atoms with E-state index in [2.05, 4.69) is 22.1 Å². The van der Waals surface area contributed by atoms with E-state index in [9.17, 15) is 4.79 Å². The second-order valence-corrected chi connectivity index (χ2v) is 4.96. The van der Waals surface area contributed by atoms with Gasteiger partial charge >= 0.3 is 0 Å². The summed E-state index contributed by atoms with van der Waals surface area (Å²) in [6, 6.07) is 10.00. The molecule has 5 heteroatoms. The van der Waals surface area contributed by atoms with Crippen molar-refractivity contribution in [3.63, 3.8) is 0 Å². The minimum absolute atomic E-state index is 0.520. The number of aromatic nitrogens is 2. The summed E-state index contributed by atoms with van der Waals surface area (Å²) in [5.74, 6) is 0.876. The van der Waals surface area contributed by atoms with Gasteiger partial charge in [-0.1, -0.05) is 12.1 Å². The fourth-order valence-corrected chi connectivity index (χ4v) is 2.52. The Labute approximate surface area is 117 Å². The number of hydrogen-bond acceptors (Lipinski definition) is 4. The average Bonchev–Trinajstić information content (AvgIpc) is 2.90. The van der Waals surface area contributed by atoms with Gasteiger partial charge in [-0.25, -0.2) is 0 Å². The van der Waals surface area contributed by atoms with E-state index in [4.69, 9.17) is 4.74 Å². The minimum Gasteiger partial charge on any atom is -0.497 e. The largest absolute Gasteiger partial charge is 0.497 e. The molecule has 5 nitrogen and oxygen atoms in total. The highest BCUT2D eigenvalue weighted by Gasteiger charge is 2.18. The van der Waals surface area contributed by atoms with Gasteiger partial charge < -0.3 is 4.74 Å². The number of carbonyl (C=O) groups is 1. The number of rotatable bonds is 4.